The normalized spacial score (nSPS) is 34.1. The minimum atomic E-state index is -0.276. The fourth-order valence-corrected chi connectivity index (χ4v) is 3.33. The van der Waals surface area contributed by atoms with Crippen LogP contribution in [0.15, 0.2) is 0 Å². The Morgan fingerprint density at radius 2 is 1.21 bits per heavy atom. The maximum atomic E-state index is 6.76. The molecule has 3 saturated heterocycles. The molecule has 3 aliphatic heterocycles. The Labute approximate surface area is 89.8 Å². The lowest BCUT2D eigenvalue weighted by molar-refractivity contribution is 0.00131. The maximum absolute atomic E-state index is 6.76. The highest BCUT2D eigenvalue weighted by molar-refractivity contribution is 6.23. The summed E-state index contributed by atoms with van der Waals surface area (Å²) in [7, 11) is 0. The van der Waals surface area contributed by atoms with E-state index in [1.807, 2.05) is 0 Å². The second kappa shape index (κ2) is 3.32. The van der Waals surface area contributed by atoms with Crippen molar-refractivity contribution in [2.75, 3.05) is 52.4 Å². The quantitative estimate of drug-likeness (QED) is 0.430. The summed E-state index contributed by atoms with van der Waals surface area (Å²) in [6.07, 6.45) is 0. The monoisotopic (exact) mass is 216 g/mol. The van der Waals surface area contributed by atoms with Gasteiger partial charge in [0.15, 0.2) is 0 Å². The summed E-state index contributed by atoms with van der Waals surface area (Å²) in [4.78, 5) is 7.20. The van der Waals surface area contributed by atoms with Gasteiger partial charge in [0.05, 0.1) is 0 Å². The summed E-state index contributed by atoms with van der Waals surface area (Å²) in [5, 5.41) is 3.16. The third-order valence-electron chi connectivity index (χ3n) is 3.60. The highest BCUT2D eigenvalue weighted by Gasteiger charge is 2.53. The largest absolute Gasteiger partial charge is 0.314 e. The molecule has 5 heteroatoms. The molecule has 0 amide bonds. The summed E-state index contributed by atoms with van der Waals surface area (Å²) in [5.74, 6) is 0. The molecule has 14 heavy (non-hydrogen) atoms. The van der Waals surface area contributed by atoms with Crippen molar-refractivity contribution in [3.63, 3.8) is 0 Å². The van der Waals surface area contributed by atoms with Gasteiger partial charge in [0, 0.05) is 52.4 Å². The number of nitrogens with zero attached hydrogens (tertiary/aromatic N) is 3. The lowest BCUT2D eigenvalue weighted by Crippen LogP contribution is -2.59. The molecular formula is C9H17ClN4. The molecule has 3 fully saturated rings. The van der Waals surface area contributed by atoms with E-state index < -0.39 is 0 Å². The van der Waals surface area contributed by atoms with Gasteiger partial charge in [-0.1, -0.05) is 11.6 Å². The second-order valence-corrected chi connectivity index (χ2v) is 4.77. The molecule has 0 aromatic carbocycles. The molecule has 0 aliphatic carbocycles. The molecule has 0 atom stereocenters. The molecule has 0 aromatic heterocycles. The van der Waals surface area contributed by atoms with Crippen molar-refractivity contribution >= 4 is 11.6 Å². The molecule has 0 radical (unpaired) electrons. The maximum Gasteiger partial charge on any atom is 0.211 e. The van der Waals surface area contributed by atoms with E-state index in [1.165, 1.54) is 0 Å². The van der Waals surface area contributed by atoms with Crippen molar-refractivity contribution in [2.24, 2.45) is 0 Å². The van der Waals surface area contributed by atoms with Crippen molar-refractivity contribution in [1.82, 2.24) is 20.0 Å². The van der Waals surface area contributed by atoms with Crippen molar-refractivity contribution in [3.8, 4) is 0 Å². The van der Waals surface area contributed by atoms with Crippen LogP contribution in [0.4, 0.5) is 0 Å². The van der Waals surface area contributed by atoms with Crippen LogP contribution in [0.25, 0.3) is 0 Å². The van der Waals surface area contributed by atoms with Crippen LogP contribution in [-0.2, 0) is 0 Å². The van der Waals surface area contributed by atoms with E-state index >= 15 is 0 Å². The Balaban J connectivity index is 1.89. The van der Waals surface area contributed by atoms with Gasteiger partial charge in [0.2, 0.25) is 5.25 Å². The van der Waals surface area contributed by atoms with E-state index in [2.05, 4.69) is 20.0 Å². The topological polar surface area (TPSA) is 21.8 Å². The van der Waals surface area contributed by atoms with Crippen LogP contribution >= 0.6 is 11.6 Å². The Bertz CT molecular complexity index is 217. The zero-order chi connectivity index (χ0) is 9.60. The van der Waals surface area contributed by atoms with Gasteiger partial charge in [-0.2, -0.15) is 0 Å². The summed E-state index contributed by atoms with van der Waals surface area (Å²) >= 11 is 6.76. The molecule has 0 bridgehead atoms. The molecule has 0 spiro atoms. The third kappa shape index (κ3) is 1.15. The number of hydrogen-bond acceptors (Lipinski definition) is 4. The Morgan fingerprint density at radius 1 is 0.786 bits per heavy atom. The fraction of sp³-hybridized carbons (Fsp3) is 1.00. The van der Waals surface area contributed by atoms with Crippen LogP contribution in [0, 0.1) is 0 Å². The molecule has 3 heterocycles. The van der Waals surface area contributed by atoms with Gasteiger partial charge in [-0.15, -0.1) is 0 Å². The standard InChI is InChI=1S/C9H17ClN4/c10-9-12-3-1-11-2-4-13(9)6-8-14(9)7-5-12/h11H,1-8H2. The first kappa shape index (κ1) is 9.36. The highest BCUT2D eigenvalue weighted by atomic mass is 35.5. The van der Waals surface area contributed by atoms with Gasteiger partial charge in [-0.25, -0.2) is 0 Å². The zero-order valence-corrected chi connectivity index (χ0v) is 9.13. The van der Waals surface area contributed by atoms with Crippen LogP contribution < -0.4 is 5.32 Å². The van der Waals surface area contributed by atoms with E-state index in [-0.39, 0.29) is 5.25 Å². The molecule has 0 unspecified atom stereocenters. The lowest BCUT2D eigenvalue weighted by Gasteiger charge is -2.41. The van der Waals surface area contributed by atoms with Gasteiger partial charge in [-0.05, 0) is 0 Å². The predicted molar refractivity (Wildman–Crippen MR) is 56.2 cm³/mol. The molecular weight excluding hydrogens is 200 g/mol. The molecule has 1 N–H and O–H groups in total. The van der Waals surface area contributed by atoms with E-state index in [0.717, 1.165) is 52.4 Å². The van der Waals surface area contributed by atoms with E-state index in [1.54, 1.807) is 0 Å². The number of nitrogens with one attached hydrogen (secondary N) is 1. The number of rotatable bonds is 0. The minimum absolute atomic E-state index is 0.276. The molecule has 80 valence electrons. The van der Waals surface area contributed by atoms with Crippen molar-refractivity contribution < 1.29 is 0 Å². The zero-order valence-electron chi connectivity index (χ0n) is 8.38. The minimum Gasteiger partial charge on any atom is -0.314 e. The van der Waals surface area contributed by atoms with Gasteiger partial charge in [-0.3, -0.25) is 14.7 Å². The first-order valence-corrected chi connectivity index (χ1v) is 5.84. The van der Waals surface area contributed by atoms with Gasteiger partial charge in [0.25, 0.3) is 0 Å². The summed E-state index contributed by atoms with van der Waals surface area (Å²) in [5.41, 5.74) is 0. The van der Waals surface area contributed by atoms with Crippen LogP contribution in [0.1, 0.15) is 0 Å². The number of hydrogen-bond donors (Lipinski definition) is 1. The summed E-state index contributed by atoms with van der Waals surface area (Å²) in [6.45, 7) is 8.74. The van der Waals surface area contributed by atoms with Gasteiger partial charge in [0.1, 0.15) is 0 Å². The predicted octanol–water partition coefficient (Wildman–Crippen LogP) is -0.627. The fourth-order valence-electron chi connectivity index (χ4n) is 2.82. The van der Waals surface area contributed by atoms with Crippen molar-refractivity contribution in [2.45, 2.75) is 5.25 Å². The molecule has 3 aliphatic rings. The first-order valence-electron chi connectivity index (χ1n) is 5.46. The molecule has 0 saturated carbocycles. The molecule has 3 rings (SSSR count). The van der Waals surface area contributed by atoms with Crippen molar-refractivity contribution in [3.05, 3.63) is 0 Å². The Kier molecular flexibility index (Phi) is 2.22. The third-order valence-corrected chi connectivity index (χ3v) is 4.32. The van der Waals surface area contributed by atoms with Crippen molar-refractivity contribution in [1.29, 1.82) is 0 Å². The molecule has 0 aromatic rings. The first-order chi connectivity index (χ1) is 6.82. The average molecular weight is 217 g/mol. The summed E-state index contributed by atoms with van der Waals surface area (Å²) < 4.78 is 0. The Hall–Kier alpha value is 0.130. The van der Waals surface area contributed by atoms with Crippen LogP contribution in [0.5, 0.6) is 0 Å². The number of halogens is 1. The van der Waals surface area contributed by atoms with E-state index in [9.17, 15) is 0 Å². The van der Waals surface area contributed by atoms with Gasteiger partial charge >= 0.3 is 0 Å². The average Bonchev–Trinajstić information content (AvgIpc) is 2.57. The van der Waals surface area contributed by atoms with E-state index in [4.69, 9.17) is 11.6 Å². The second-order valence-electron chi connectivity index (χ2n) is 4.26. The number of alkyl halides is 1. The highest BCUT2D eigenvalue weighted by Crippen LogP contribution is 2.38. The van der Waals surface area contributed by atoms with Gasteiger partial charge < -0.3 is 5.32 Å². The van der Waals surface area contributed by atoms with Crippen LogP contribution in [-0.4, -0.2) is 72.3 Å². The SMILES string of the molecule is ClC12N3CCNCCN1CCN2CC3. The smallest absolute Gasteiger partial charge is 0.211 e. The molecule has 4 nitrogen and oxygen atoms in total. The van der Waals surface area contributed by atoms with E-state index in [0.29, 0.717) is 0 Å². The summed E-state index contributed by atoms with van der Waals surface area (Å²) in [6, 6.07) is 0. The lowest BCUT2D eigenvalue weighted by atomic mass is 10.4. The van der Waals surface area contributed by atoms with Crippen LogP contribution in [0.3, 0.4) is 0 Å². The Morgan fingerprint density at radius 3 is 1.71 bits per heavy atom. The van der Waals surface area contributed by atoms with Crippen LogP contribution in [0.2, 0.25) is 0 Å².